The summed E-state index contributed by atoms with van der Waals surface area (Å²) in [7, 11) is 0.813. The molecule has 1 heterocycles. The van der Waals surface area contributed by atoms with Gasteiger partial charge in [-0.25, -0.2) is 4.79 Å². The van der Waals surface area contributed by atoms with Crippen LogP contribution in [0, 0.1) is 0 Å². The van der Waals surface area contributed by atoms with Crippen molar-refractivity contribution in [3.05, 3.63) is 24.0 Å². The topological polar surface area (TPSA) is 42.2 Å². The molecule has 1 rings (SSSR count). The number of hydrogen-bond donors (Lipinski definition) is 1. The van der Waals surface area contributed by atoms with Crippen LogP contribution in [0.2, 0.25) is 6.82 Å². The summed E-state index contributed by atoms with van der Waals surface area (Å²) in [6, 6.07) is 1.59. The lowest BCUT2D eigenvalue weighted by Crippen LogP contribution is -1.98. The van der Waals surface area contributed by atoms with Gasteiger partial charge in [0.2, 0.25) is 7.41 Å². The summed E-state index contributed by atoms with van der Waals surface area (Å²) in [5, 5.41) is 8.48. The van der Waals surface area contributed by atoms with Gasteiger partial charge in [-0.1, -0.05) is 6.82 Å². The largest absolute Gasteiger partial charge is 0.478 e. The van der Waals surface area contributed by atoms with E-state index in [0.717, 1.165) is 7.41 Å². The zero-order valence-corrected chi connectivity index (χ0v) is 5.74. The molecule has 0 bridgehead atoms. The van der Waals surface area contributed by atoms with Crippen molar-refractivity contribution >= 4 is 13.4 Å². The van der Waals surface area contributed by atoms with Crippen LogP contribution in [-0.4, -0.2) is 23.0 Å². The van der Waals surface area contributed by atoms with E-state index in [4.69, 9.17) is 5.11 Å². The number of carbonyl (C=O) groups is 1. The molecule has 10 heavy (non-hydrogen) atoms. The fourth-order valence-corrected chi connectivity index (χ4v) is 0.764. The molecule has 0 fully saturated rings. The van der Waals surface area contributed by atoms with Gasteiger partial charge in [0.15, 0.2) is 0 Å². The summed E-state index contributed by atoms with van der Waals surface area (Å²) >= 11 is 0. The van der Waals surface area contributed by atoms with Crippen molar-refractivity contribution < 1.29 is 9.90 Å². The van der Waals surface area contributed by atoms with Crippen LogP contribution < -0.4 is 0 Å². The molecule has 52 valence electrons. The van der Waals surface area contributed by atoms with Gasteiger partial charge in [0.1, 0.15) is 0 Å². The Balaban J connectivity index is 2.88. The second kappa shape index (κ2) is 2.60. The van der Waals surface area contributed by atoms with E-state index in [1.165, 1.54) is 0 Å². The van der Waals surface area contributed by atoms with Gasteiger partial charge in [0.25, 0.3) is 0 Å². The van der Waals surface area contributed by atoms with Crippen LogP contribution in [0.25, 0.3) is 0 Å². The zero-order chi connectivity index (χ0) is 7.56. The molecule has 4 heteroatoms. The highest BCUT2D eigenvalue weighted by molar-refractivity contribution is 6.31. The van der Waals surface area contributed by atoms with Crippen LogP contribution in [-0.2, 0) is 0 Å². The molecular formula is C6H8BNO2. The van der Waals surface area contributed by atoms with Crippen LogP contribution in [0.4, 0.5) is 0 Å². The Hall–Kier alpha value is -1.19. The van der Waals surface area contributed by atoms with Crippen LogP contribution in [0.15, 0.2) is 18.5 Å². The molecule has 0 saturated carbocycles. The number of aromatic carboxylic acids is 1. The van der Waals surface area contributed by atoms with E-state index in [9.17, 15) is 4.79 Å². The fourth-order valence-electron chi connectivity index (χ4n) is 0.764. The minimum Gasteiger partial charge on any atom is -0.478 e. The molecule has 0 spiro atoms. The standard InChI is InChI=1S/C6H8BNO2/c1-7-8-3-2-5(4-8)6(9)10/h2-4,7H,1H3,(H,9,10). The van der Waals surface area contributed by atoms with Gasteiger partial charge in [-0.3, -0.25) is 0 Å². The highest BCUT2D eigenvalue weighted by atomic mass is 16.4. The lowest BCUT2D eigenvalue weighted by Gasteiger charge is -1.89. The highest BCUT2D eigenvalue weighted by Gasteiger charge is 2.02. The van der Waals surface area contributed by atoms with Crippen LogP contribution in [0.5, 0.6) is 0 Å². The second-order valence-electron chi connectivity index (χ2n) is 2.04. The molecule has 0 aliphatic carbocycles. The maximum Gasteiger partial charge on any atom is 0.337 e. The molecule has 0 radical (unpaired) electrons. The number of carboxylic acid groups (broad SMARTS) is 1. The number of carboxylic acids is 1. The van der Waals surface area contributed by atoms with Crippen molar-refractivity contribution in [1.29, 1.82) is 0 Å². The minimum atomic E-state index is -0.868. The molecule has 0 aromatic carbocycles. The minimum absolute atomic E-state index is 0.349. The number of nitrogens with zero attached hydrogens (tertiary/aromatic N) is 1. The Kier molecular flexibility index (Phi) is 1.80. The summed E-state index contributed by atoms with van der Waals surface area (Å²) < 4.78 is 1.82. The van der Waals surface area contributed by atoms with E-state index in [-0.39, 0.29) is 0 Å². The van der Waals surface area contributed by atoms with Gasteiger partial charge in [-0.2, -0.15) is 0 Å². The first kappa shape index (κ1) is 6.93. The summed E-state index contributed by atoms with van der Waals surface area (Å²) in [4.78, 5) is 10.3. The number of hydrogen-bond acceptors (Lipinski definition) is 1. The van der Waals surface area contributed by atoms with Gasteiger partial charge in [0.05, 0.1) is 5.56 Å². The Morgan fingerprint density at radius 1 is 1.80 bits per heavy atom. The third kappa shape index (κ3) is 1.21. The van der Waals surface area contributed by atoms with Crippen LogP contribution >= 0.6 is 0 Å². The third-order valence-corrected chi connectivity index (χ3v) is 1.36. The fraction of sp³-hybridized carbons (Fsp3) is 0.167. The van der Waals surface area contributed by atoms with E-state index >= 15 is 0 Å². The Bertz CT molecular complexity index is 244. The van der Waals surface area contributed by atoms with E-state index in [0.29, 0.717) is 5.56 Å². The lowest BCUT2D eigenvalue weighted by atomic mass is 10.0. The quantitative estimate of drug-likeness (QED) is 0.600. The summed E-state index contributed by atoms with van der Waals surface area (Å²) in [6.45, 7) is 1.96. The molecule has 3 nitrogen and oxygen atoms in total. The third-order valence-electron chi connectivity index (χ3n) is 1.36. The average molecular weight is 137 g/mol. The molecule has 0 unspecified atom stereocenters. The molecule has 1 N–H and O–H groups in total. The molecule has 0 aliphatic rings. The molecule has 0 saturated heterocycles. The zero-order valence-electron chi connectivity index (χ0n) is 5.74. The van der Waals surface area contributed by atoms with Gasteiger partial charge in [0, 0.05) is 6.20 Å². The van der Waals surface area contributed by atoms with Crippen LogP contribution in [0.1, 0.15) is 10.4 Å². The highest BCUT2D eigenvalue weighted by Crippen LogP contribution is 1.98. The molecule has 1 aromatic rings. The number of aromatic nitrogens is 1. The van der Waals surface area contributed by atoms with E-state index in [2.05, 4.69) is 0 Å². The second-order valence-corrected chi connectivity index (χ2v) is 2.04. The van der Waals surface area contributed by atoms with Crippen molar-refractivity contribution in [1.82, 2.24) is 4.48 Å². The molecule has 0 amide bonds. The monoisotopic (exact) mass is 137 g/mol. The first-order valence-electron chi connectivity index (χ1n) is 3.13. The Labute approximate surface area is 59.5 Å². The van der Waals surface area contributed by atoms with Gasteiger partial charge >= 0.3 is 5.97 Å². The van der Waals surface area contributed by atoms with Crippen LogP contribution in [0.3, 0.4) is 0 Å². The van der Waals surface area contributed by atoms with E-state index < -0.39 is 5.97 Å². The average Bonchev–Trinajstić information content (AvgIpc) is 2.34. The van der Waals surface area contributed by atoms with Gasteiger partial charge in [-0.05, 0) is 12.3 Å². The summed E-state index contributed by atoms with van der Waals surface area (Å²) in [5.41, 5.74) is 0.349. The van der Waals surface area contributed by atoms with Crippen molar-refractivity contribution in [2.75, 3.05) is 0 Å². The molecular weight excluding hydrogens is 129 g/mol. The summed E-state index contributed by atoms with van der Waals surface area (Å²) in [6.07, 6.45) is 3.37. The smallest absolute Gasteiger partial charge is 0.337 e. The molecule has 0 aliphatic heterocycles. The molecule has 1 aromatic heterocycles. The van der Waals surface area contributed by atoms with Crippen molar-refractivity contribution in [2.45, 2.75) is 6.82 Å². The van der Waals surface area contributed by atoms with Crippen molar-refractivity contribution in [3.63, 3.8) is 0 Å². The van der Waals surface area contributed by atoms with E-state index in [1.807, 2.05) is 11.3 Å². The number of rotatable bonds is 2. The summed E-state index contributed by atoms with van der Waals surface area (Å²) in [5.74, 6) is -0.868. The van der Waals surface area contributed by atoms with Crippen molar-refractivity contribution in [2.24, 2.45) is 0 Å². The maximum atomic E-state index is 10.3. The first-order chi connectivity index (χ1) is 4.74. The van der Waals surface area contributed by atoms with Crippen molar-refractivity contribution in [3.8, 4) is 0 Å². The Morgan fingerprint density at radius 2 is 2.50 bits per heavy atom. The van der Waals surface area contributed by atoms with Gasteiger partial charge in [-0.15, -0.1) is 0 Å². The van der Waals surface area contributed by atoms with Gasteiger partial charge < -0.3 is 9.58 Å². The normalized spacial score (nSPS) is 9.30. The first-order valence-corrected chi connectivity index (χ1v) is 3.13. The lowest BCUT2D eigenvalue weighted by molar-refractivity contribution is 0.0697. The van der Waals surface area contributed by atoms with E-state index in [1.54, 1.807) is 18.5 Å². The SMILES string of the molecule is CBn1ccc(C(=O)O)c1. The maximum absolute atomic E-state index is 10.3. The molecule has 0 atom stereocenters. The predicted octanol–water partition coefficient (Wildman–Crippen LogP) is 0.434. The predicted molar refractivity (Wildman–Crippen MR) is 39.8 cm³/mol. The Morgan fingerprint density at radius 3 is 2.80 bits per heavy atom.